The zero-order valence-corrected chi connectivity index (χ0v) is 17.3. The van der Waals surface area contributed by atoms with Crippen LogP contribution < -0.4 is 5.32 Å². The Morgan fingerprint density at radius 2 is 1.96 bits per heavy atom. The van der Waals surface area contributed by atoms with E-state index in [0.29, 0.717) is 16.7 Å². The van der Waals surface area contributed by atoms with Gasteiger partial charge in [0.1, 0.15) is 0 Å². The van der Waals surface area contributed by atoms with Gasteiger partial charge in [0.25, 0.3) is 5.78 Å². The van der Waals surface area contributed by atoms with Crippen LogP contribution in [0.1, 0.15) is 53.9 Å². The average Bonchev–Trinajstić information content (AvgIpc) is 3.09. The van der Waals surface area contributed by atoms with Crippen molar-refractivity contribution in [3.63, 3.8) is 0 Å². The molecule has 1 amide bonds. The number of thioether (sulfide) groups is 1. The van der Waals surface area contributed by atoms with Gasteiger partial charge in [0.15, 0.2) is 5.16 Å². The third-order valence-electron chi connectivity index (χ3n) is 5.25. The first-order valence-corrected chi connectivity index (χ1v) is 10.7. The van der Waals surface area contributed by atoms with Crippen molar-refractivity contribution in [3.8, 4) is 0 Å². The predicted octanol–water partition coefficient (Wildman–Crippen LogP) is 3.59. The topological polar surface area (TPSA) is 72.2 Å². The van der Waals surface area contributed by atoms with Crippen LogP contribution in [0.5, 0.6) is 0 Å². The molecule has 1 unspecified atom stereocenters. The fourth-order valence-electron chi connectivity index (χ4n) is 3.81. The lowest BCUT2D eigenvalue weighted by atomic mass is 9.89. The molecule has 7 heteroatoms. The Morgan fingerprint density at radius 3 is 2.79 bits per heavy atom. The summed E-state index contributed by atoms with van der Waals surface area (Å²) in [5.74, 6) is 0.858. The van der Waals surface area contributed by atoms with Crippen molar-refractivity contribution < 1.29 is 4.79 Å². The van der Waals surface area contributed by atoms with E-state index < -0.39 is 0 Å². The summed E-state index contributed by atoms with van der Waals surface area (Å²) >= 11 is 1.38. The highest BCUT2D eigenvalue weighted by Gasteiger charge is 2.16. The molecule has 1 aliphatic carbocycles. The molecule has 1 aliphatic rings. The zero-order valence-electron chi connectivity index (χ0n) is 16.5. The van der Waals surface area contributed by atoms with E-state index in [9.17, 15) is 4.79 Å². The molecule has 6 nitrogen and oxygen atoms in total. The van der Waals surface area contributed by atoms with Crippen LogP contribution in [0.3, 0.4) is 0 Å². The van der Waals surface area contributed by atoms with Crippen molar-refractivity contribution in [2.24, 2.45) is 0 Å². The molecule has 2 aromatic heterocycles. The molecule has 1 N–H and O–H groups in total. The summed E-state index contributed by atoms with van der Waals surface area (Å²) in [6, 6.07) is 8.60. The number of carbonyl (C=O) groups excluding carboxylic acids is 1. The summed E-state index contributed by atoms with van der Waals surface area (Å²) in [6.07, 6.45) is 4.86. The van der Waals surface area contributed by atoms with Gasteiger partial charge in [-0.1, -0.05) is 30.0 Å². The zero-order chi connectivity index (χ0) is 19.7. The molecule has 0 saturated carbocycles. The number of amides is 1. The van der Waals surface area contributed by atoms with Gasteiger partial charge in [0.2, 0.25) is 5.91 Å². The maximum atomic E-state index is 12.5. The van der Waals surface area contributed by atoms with Gasteiger partial charge in [-0.2, -0.15) is 0 Å². The van der Waals surface area contributed by atoms with E-state index in [1.165, 1.54) is 47.7 Å². The van der Waals surface area contributed by atoms with Crippen molar-refractivity contribution in [2.45, 2.75) is 57.7 Å². The number of rotatable bonds is 5. The highest BCUT2D eigenvalue weighted by molar-refractivity contribution is 7.99. The normalized spacial score (nSPS) is 14.7. The Morgan fingerprint density at radius 1 is 1.18 bits per heavy atom. The minimum absolute atomic E-state index is 0.00954. The van der Waals surface area contributed by atoms with Crippen molar-refractivity contribution in [2.75, 3.05) is 5.75 Å². The highest BCUT2D eigenvalue weighted by Crippen LogP contribution is 2.25. The quantitative estimate of drug-likeness (QED) is 0.669. The molecular formula is C21H25N5OS. The van der Waals surface area contributed by atoms with E-state index >= 15 is 0 Å². The van der Waals surface area contributed by atoms with Gasteiger partial charge in [0.05, 0.1) is 11.8 Å². The molecule has 1 atom stereocenters. The number of aryl methyl sites for hydroxylation is 4. The number of hydrogen-bond donors (Lipinski definition) is 1. The van der Waals surface area contributed by atoms with E-state index in [-0.39, 0.29) is 11.9 Å². The van der Waals surface area contributed by atoms with Gasteiger partial charge in [0, 0.05) is 11.4 Å². The van der Waals surface area contributed by atoms with Crippen LogP contribution in [0, 0.1) is 13.8 Å². The first-order chi connectivity index (χ1) is 13.5. The van der Waals surface area contributed by atoms with Crippen LogP contribution in [0.2, 0.25) is 0 Å². The number of fused-ring (bicyclic) bond motifs is 2. The molecule has 2 heterocycles. The van der Waals surface area contributed by atoms with E-state index in [0.717, 1.165) is 17.8 Å². The minimum atomic E-state index is -0.0125. The van der Waals surface area contributed by atoms with Crippen molar-refractivity contribution in [1.82, 2.24) is 24.9 Å². The summed E-state index contributed by atoms with van der Waals surface area (Å²) in [6.45, 7) is 5.97. The predicted molar refractivity (Wildman–Crippen MR) is 111 cm³/mol. The van der Waals surface area contributed by atoms with Crippen LogP contribution in [0.25, 0.3) is 5.78 Å². The SMILES string of the molecule is Cc1cc(C)n2c(SCC(=O)NC(C)c3ccc4c(c3)CCCC4)nnc2n1. The Labute approximate surface area is 169 Å². The first-order valence-electron chi connectivity index (χ1n) is 9.74. The monoisotopic (exact) mass is 395 g/mol. The van der Waals surface area contributed by atoms with Gasteiger partial charge in [-0.05, 0) is 69.2 Å². The third kappa shape index (κ3) is 3.90. The van der Waals surface area contributed by atoms with Crippen molar-refractivity contribution in [1.29, 1.82) is 0 Å². The maximum Gasteiger partial charge on any atom is 0.256 e. The van der Waals surface area contributed by atoms with Crippen LogP contribution in [-0.2, 0) is 17.6 Å². The molecule has 28 heavy (non-hydrogen) atoms. The van der Waals surface area contributed by atoms with Gasteiger partial charge in [-0.15, -0.1) is 10.2 Å². The maximum absolute atomic E-state index is 12.5. The van der Waals surface area contributed by atoms with Crippen molar-refractivity contribution in [3.05, 3.63) is 52.3 Å². The number of carbonyl (C=O) groups is 1. The first kappa shape index (κ1) is 18.9. The molecule has 0 aliphatic heterocycles. The highest BCUT2D eigenvalue weighted by atomic mass is 32.2. The van der Waals surface area contributed by atoms with Crippen LogP contribution in [0.4, 0.5) is 0 Å². The molecule has 0 saturated heterocycles. The molecule has 1 aromatic carbocycles. The van der Waals surface area contributed by atoms with Crippen LogP contribution in [0.15, 0.2) is 29.4 Å². The molecule has 3 aromatic rings. The molecule has 0 fully saturated rings. The third-order valence-corrected chi connectivity index (χ3v) is 6.17. The smallest absolute Gasteiger partial charge is 0.256 e. The molecular weight excluding hydrogens is 370 g/mol. The molecule has 146 valence electrons. The van der Waals surface area contributed by atoms with E-state index in [1.807, 2.05) is 31.2 Å². The minimum Gasteiger partial charge on any atom is -0.349 e. The number of aromatic nitrogens is 4. The largest absolute Gasteiger partial charge is 0.349 e. The molecule has 4 rings (SSSR count). The van der Waals surface area contributed by atoms with E-state index in [1.54, 1.807) is 0 Å². The number of hydrogen-bond acceptors (Lipinski definition) is 5. The Kier molecular flexibility index (Phi) is 5.35. The van der Waals surface area contributed by atoms with Gasteiger partial charge >= 0.3 is 0 Å². The summed E-state index contributed by atoms with van der Waals surface area (Å²) in [4.78, 5) is 16.9. The fraction of sp³-hybridized carbons (Fsp3) is 0.429. The van der Waals surface area contributed by atoms with Gasteiger partial charge in [-0.3, -0.25) is 9.20 Å². The number of benzene rings is 1. The number of nitrogens with one attached hydrogen (secondary N) is 1. The number of nitrogens with zero attached hydrogens (tertiary/aromatic N) is 4. The van der Waals surface area contributed by atoms with E-state index in [2.05, 4.69) is 38.7 Å². The lowest BCUT2D eigenvalue weighted by Gasteiger charge is -2.20. The lowest BCUT2D eigenvalue weighted by molar-refractivity contribution is -0.119. The molecule has 0 bridgehead atoms. The lowest BCUT2D eigenvalue weighted by Crippen LogP contribution is -2.28. The standard InChI is InChI=1S/C21H25N5OS/c1-13-10-14(2)26-20(22-13)24-25-21(26)28-12-19(27)23-15(3)17-9-8-16-6-4-5-7-18(16)11-17/h8-11,15H,4-7,12H2,1-3H3,(H,23,27). The summed E-state index contributed by atoms with van der Waals surface area (Å²) in [7, 11) is 0. The summed E-state index contributed by atoms with van der Waals surface area (Å²) < 4.78 is 1.89. The second kappa shape index (κ2) is 7.91. The second-order valence-electron chi connectivity index (χ2n) is 7.47. The second-order valence-corrected chi connectivity index (χ2v) is 8.41. The average molecular weight is 396 g/mol. The molecule has 0 radical (unpaired) electrons. The summed E-state index contributed by atoms with van der Waals surface area (Å²) in [5, 5.41) is 12.1. The fourth-order valence-corrected chi connectivity index (χ4v) is 4.61. The van der Waals surface area contributed by atoms with Crippen LogP contribution >= 0.6 is 11.8 Å². The molecule has 0 spiro atoms. The van der Waals surface area contributed by atoms with Crippen molar-refractivity contribution >= 4 is 23.4 Å². The van der Waals surface area contributed by atoms with Crippen LogP contribution in [-0.4, -0.2) is 31.2 Å². The Balaban J connectivity index is 1.39. The van der Waals surface area contributed by atoms with Gasteiger partial charge in [-0.25, -0.2) is 4.98 Å². The van der Waals surface area contributed by atoms with E-state index in [4.69, 9.17) is 0 Å². The van der Waals surface area contributed by atoms with Gasteiger partial charge < -0.3 is 5.32 Å². The Bertz CT molecular complexity index is 1030. The summed E-state index contributed by atoms with van der Waals surface area (Å²) in [5.41, 5.74) is 5.99. The Hall–Kier alpha value is -2.41.